The molecule has 4 heterocycles. The lowest BCUT2D eigenvalue weighted by Gasteiger charge is -2.29. The van der Waals surface area contributed by atoms with E-state index < -0.39 is 6.10 Å². The summed E-state index contributed by atoms with van der Waals surface area (Å²) in [5.41, 5.74) is 5.55. The third-order valence-electron chi connectivity index (χ3n) is 5.85. The van der Waals surface area contributed by atoms with Crippen molar-refractivity contribution in [1.82, 2.24) is 24.7 Å². The van der Waals surface area contributed by atoms with Crippen molar-refractivity contribution in [3.05, 3.63) is 54.0 Å². The lowest BCUT2D eigenvalue weighted by Crippen LogP contribution is -2.36. The van der Waals surface area contributed by atoms with Crippen LogP contribution >= 0.6 is 0 Å². The van der Waals surface area contributed by atoms with Crippen molar-refractivity contribution >= 4 is 16.9 Å². The number of aliphatic hydroxyl groups excluding tert-OH is 1. The summed E-state index contributed by atoms with van der Waals surface area (Å²) in [5.74, 6) is 1.27. The van der Waals surface area contributed by atoms with E-state index in [0.717, 1.165) is 35.6 Å². The van der Waals surface area contributed by atoms with E-state index in [9.17, 15) is 5.11 Å². The molecule has 0 spiro atoms. The third-order valence-corrected chi connectivity index (χ3v) is 5.85. The molecular formula is C24H28N6O2. The van der Waals surface area contributed by atoms with Crippen molar-refractivity contribution in [2.75, 3.05) is 31.2 Å². The lowest BCUT2D eigenvalue weighted by atomic mass is 10.1. The Morgan fingerprint density at radius 2 is 1.91 bits per heavy atom. The molecule has 32 heavy (non-hydrogen) atoms. The average Bonchev–Trinajstić information content (AvgIpc) is 3.46. The molecule has 0 bridgehead atoms. The zero-order valence-electron chi connectivity index (χ0n) is 18.6. The van der Waals surface area contributed by atoms with Crippen LogP contribution in [0.4, 0.5) is 5.69 Å². The topological polar surface area (TPSA) is 92.1 Å². The molecule has 0 aliphatic carbocycles. The minimum atomic E-state index is -0.678. The highest BCUT2D eigenvalue weighted by Gasteiger charge is 2.22. The van der Waals surface area contributed by atoms with E-state index in [-0.39, 0.29) is 5.92 Å². The predicted molar refractivity (Wildman–Crippen MR) is 124 cm³/mol. The summed E-state index contributed by atoms with van der Waals surface area (Å²) in [6.07, 6.45) is 1.24. The normalized spacial score (nSPS) is 15.6. The van der Waals surface area contributed by atoms with Crippen LogP contribution in [0.2, 0.25) is 0 Å². The number of pyridine rings is 1. The summed E-state index contributed by atoms with van der Waals surface area (Å²) in [4.78, 5) is 15.0. The Labute approximate surface area is 186 Å². The lowest BCUT2D eigenvalue weighted by molar-refractivity contribution is 0.119. The fraction of sp³-hybridized carbons (Fsp3) is 0.375. The van der Waals surface area contributed by atoms with Gasteiger partial charge in [0.1, 0.15) is 17.4 Å². The summed E-state index contributed by atoms with van der Waals surface area (Å²) >= 11 is 0. The maximum absolute atomic E-state index is 10.6. The van der Waals surface area contributed by atoms with Crippen molar-refractivity contribution in [2.45, 2.75) is 26.9 Å². The van der Waals surface area contributed by atoms with Gasteiger partial charge in [0, 0.05) is 30.9 Å². The number of nitrogens with zero attached hydrogens (tertiary/aromatic N) is 5. The monoisotopic (exact) mass is 432 g/mol. The van der Waals surface area contributed by atoms with Gasteiger partial charge in [-0.1, -0.05) is 37.6 Å². The number of imidazole rings is 1. The molecule has 1 fully saturated rings. The number of aliphatic hydroxyl groups is 1. The number of aryl methyl sites for hydroxylation is 1. The van der Waals surface area contributed by atoms with Crippen LogP contribution in [0.1, 0.15) is 31.3 Å². The second-order valence-electron chi connectivity index (χ2n) is 8.62. The molecule has 8 nitrogen and oxygen atoms in total. The van der Waals surface area contributed by atoms with Crippen LogP contribution in [-0.2, 0) is 4.74 Å². The molecule has 1 atom stereocenters. The maximum atomic E-state index is 10.6. The zero-order valence-corrected chi connectivity index (χ0v) is 18.6. The highest BCUT2D eigenvalue weighted by atomic mass is 16.5. The van der Waals surface area contributed by atoms with Crippen molar-refractivity contribution in [1.29, 1.82) is 0 Å². The number of morpholine rings is 1. The van der Waals surface area contributed by atoms with Crippen LogP contribution in [-0.4, -0.2) is 56.1 Å². The second-order valence-corrected chi connectivity index (χ2v) is 8.62. The number of fused-ring (bicyclic) bond motifs is 1. The van der Waals surface area contributed by atoms with E-state index in [2.05, 4.69) is 40.0 Å². The summed E-state index contributed by atoms with van der Waals surface area (Å²) in [5, 5.41) is 15.3. The summed E-state index contributed by atoms with van der Waals surface area (Å²) in [6, 6.07) is 12.3. The fourth-order valence-corrected chi connectivity index (χ4v) is 4.01. The molecule has 4 aromatic rings. The standard InChI is InChI=1S/C24H28N6O2/c1-15(2)22(31)24-26-21-19(29-9-11-32-12-10-29)14-20(25-23(21)27-24)30-8-7-18(28-30)17-6-4-5-16(3)13-17/h4-8,13-15,22,31H,9-12H2,1-3H3,(H,25,26,27)/t22-/m0/s1. The molecule has 8 heteroatoms. The van der Waals surface area contributed by atoms with Gasteiger partial charge < -0.3 is 19.7 Å². The number of nitrogens with one attached hydrogen (secondary N) is 1. The van der Waals surface area contributed by atoms with Gasteiger partial charge >= 0.3 is 0 Å². The van der Waals surface area contributed by atoms with Gasteiger partial charge in [-0.2, -0.15) is 5.10 Å². The van der Waals surface area contributed by atoms with Gasteiger partial charge in [0.05, 0.1) is 24.6 Å². The minimum Gasteiger partial charge on any atom is -0.385 e. The highest BCUT2D eigenvalue weighted by molar-refractivity contribution is 5.87. The molecule has 2 N–H and O–H groups in total. The number of H-pyrrole nitrogens is 1. The molecule has 1 aromatic carbocycles. The van der Waals surface area contributed by atoms with E-state index in [1.54, 1.807) is 4.68 Å². The van der Waals surface area contributed by atoms with Crippen molar-refractivity contribution in [3.8, 4) is 17.1 Å². The number of ether oxygens (including phenoxy) is 1. The quantitative estimate of drug-likeness (QED) is 0.500. The Hall–Kier alpha value is -3.23. The van der Waals surface area contributed by atoms with E-state index in [4.69, 9.17) is 14.8 Å². The number of rotatable bonds is 5. The first-order chi connectivity index (χ1) is 15.5. The maximum Gasteiger partial charge on any atom is 0.182 e. The molecule has 0 saturated carbocycles. The first kappa shape index (κ1) is 20.7. The Bertz CT molecular complexity index is 1240. The molecule has 3 aromatic heterocycles. The van der Waals surface area contributed by atoms with E-state index in [1.807, 2.05) is 38.2 Å². The number of hydrogen-bond donors (Lipinski definition) is 2. The summed E-state index contributed by atoms with van der Waals surface area (Å²) in [6.45, 7) is 8.93. The molecule has 0 unspecified atom stereocenters. The van der Waals surface area contributed by atoms with Crippen LogP contribution in [0, 0.1) is 12.8 Å². The van der Waals surface area contributed by atoms with E-state index in [0.29, 0.717) is 30.5 Å². The molecule has 1 aliphatic rings. The van der Waals surface area contributed by atoms with Crippen LogP contribution in [0.15, 0.2) is 42.6 Å². The molecule has 1 aliphatic heterocycles. The highest BCUT2D eigenvalue weighted by Crippen LogP contribution is 2.30. The Balaban J connectivity index is 1.60. The second kappa shape index (κ2) is 8.37. The number of aromatic nitrogens is 5. The molecule has 1 saturated heterocycles. The fourth-order valence-electron chi connectivity index (χ4n) is 4.01. The number of anilines is 1. The van der Waals surface area contributed by atoms with Gasteiger partial charge in [0.2, 0.25) is 0 Å². The largest absolute Gasteiger partial charge is 0.385 e. The van der Waals surface area contributed by atoms with Crippen molar-refractivity contribution in [3.63, 3.8) is 0 Å². The van der Waals surface area contributed by atoms with Gasteiger partial charge in [0.25, 0.3) is 0 Å². The van der Waals surface area contributed by atoms with Crippen LogP contribution in [0.5, 0.6) is 0 Å². The smallest absolute Gasteiger partial charge is 0.182 e. The van der Waals surface area contributed by atoms with Crippen molar-refractivity contribution in [2.24, 2.45) is 5.92 Å². The van der Waals surface area contributed by atoms with Gasteiger partial charge in [-0.3, -0.25) is 0 Å². The Kier molecular flexibility index (Phi) is 5.40. The molecule has 0 radical (unpaired) electrons. The van der Waals surface area contributed by atoms with Gasteiger partial charge in [-0.25, -0.2) is 14.6 Å². The molecule has 166 valence electrons. The van der Waals surface area contributed by atoms with Gasteiger partial charge in [-0.15, -0.1) is 0 Å². The first-order valence-electron chi connectivity index (χ1n) is 11.0. The average molecular weight is 433 g/mol. The van der Waals surface area contributed by atoms with Crippen LogP contribution < -0.4 is 4.90 Å². The summed E-state index contributed by atoms with van der Waals surface area (Å²) in [7, 11) is 0. The number of aromatic amines is 1. The molecular weight excluding hydrogens is 404 g/mol. The number of hydrogen-bond acceptors (Lipinski definition) is 6. The van der Waals surface area contributed by atoms with E-state index >= 15 is 0 Å². The Morgan fingerprint density at radius 1 is 1.09 bits per heavy atom. The molecule has 0 amide bonds. The van der Waals surface area contributed by atoms with Gasteiger partial charge in [0.15, 0.2) is 11.5 Å². The Morgan fingerprint density at radius 3 is 2.66 bits per heavy atom. The zero-order chi connectivity index (χ0) is 22.2. The third kappa shape index (κ3) is 3.87. The molecule has 5 rings (SSSR count). The SMILES string of the molecule is Cc1cccc(-c2ccn(-c3cc(N4CCOCC4)c4[nH]c([C@@H](O)C(C)C)nc4n3)n2)c1. The van der Waals surface area contributed by atoms with Crippen LogP contribution in [0.3, 0.4) is 0 Å². The minimum absolute atomic E-state index is 0.0462. The van der Waals surface area contributed by atoms with Crippen molar-refractivity contribution < 1.29 is 9.84 Å². The van der Waals surface area contributed by atoms with Crippen LogP contribution in [0.25, 0.3) is 28.2 Å². The van der Waals surface area contributed by atoms with Gasteiger partial charge in [-0.05, 0) is 25.0 Å². The summed E-state index contributed by atoms with van der Waals surface area (Å²) < 4.78 is 7.33. The predicted octanol–water partition coefficient (Wildman–Crippen LogP) is 3.65. The van der Waals surface area contributed by atoms with E-state index in [1.165, 1.54) is 5.56 Å². The first-order valence-corrected chi connectivity index (χ1v) is 11.0. The number of benzene rings is 1.